The number of carbonyl (C=O) groups is 2. The summed E-state index contributed by atoms with van der Waals surface area (Å²) in [5.41, 5.74) is 3.62. The Balaban J connectivity index is 1.60. The number of aryl methyl sites for hydroxylation is 1. The van der Waals surface area contributed by atoms with E-state index in [1.807, 2.05) is 35.8 Å². The number of benzene rings is 2. The third kappa shape index (κ3) is 3.08. The number of hydrazone groups is 1. The van der Waals surface area contributed by atoms with Gasteiger partial charge in [-0.15, -0.1) is 10.1 Å². The third-order valence-electron chi connectivity index (χ3n) is 6.06. The number of aliphatic imine (C=N–C) groups is 1. The van der Waals surface area contributed by atoms with Crippen molar-refractivity contribution in [3.63, 3.8) is 0 Å². The average Bonchev–Trinajstić information content (AvgIpc) is 3.18. The number of urea groups is 1. The second-order valence-corrected chi connectivity index (χ2v) is 8.08. The second-order valence-electron chi connectivity index (χ2n) is 8.08. The molecule has 1 saturated heterocycles. The lowest BCUT2D eigenvalue weighted by Gasteiger charge is -2.32. The number of fused-ring (bicyclic) bond motifs is 2. The van der Waals surface area contributed by atoms with Crippen molar-refractivity contribution in [2.75, 3.05) is 20.6 Å². The number of rotatable bonds is 3. The Kier molecular flexibility index (Phi) is 4.61. The van der Waals surface area contributed by atoms with E-state index in [1.165, 1.54) is 24.1 Å². The van der Waals surface area contributed by atoms with E-state index in [0.29, 0.717) is 30.6 Å². The zero-order valence-electron chi connectivity index (χ0n) is 18.0. The van der Waals surface area contributed by atoms with E-state index < -0.39 is 12.1 Å². The van der Waals surface area contributed by atoms with Gasteiger partial charge in [0.1, 0.15) is 24.6 Å². The number of imide groups is 1. The minimum Gasteiger partial charge on any atom is -0.270 e. The molecule has 0 spiro atoms. The molecule has 3 heterocycles. The number of hydrogen-bond acceptors (Lipinski definition) is 5. The van der Waals surface area contributed by atoms with Crippen LogP contribution in [0.3, 0.4) is 0 Å². The number of carbonyl (C=O) groups excluding carboxylic acids is 2. The molecule has 2 aromatic rings. The smallest absolute Gasteiger partial charge is 0.270 e. The van der Waals surface area contributed by atoms with Crippen molar-refractivity contribution in [3.05, 3.63) is 71.0 Å². The number of hydrogen-bond donors (Lipinski definition) is 0. The predicted octanol–water partition coefficient (Wildman–Crippen LogP) is 2.03. The largest absolute Gasteiger partial charge is 0.417 e. The molecule has 0 aromatic heterocycles. The molecule has 162 valence electrons. The molecule has 3 amide bonds. The van der Waals surface area contributed by atoms with Crippen molar-refractivity contribution in [3.8, 4) is 0 Å². The van der Waals surface area contributed by atoms with Gasteiger partial charge in [-0.3, -0.25) is 14.6 Å². The molecule has 0 saturated carbocycles. The second kappa shape index (κ2) is 7.37. The molecule has 0 N–H and O–H groups in total. The third-order valence-corrected chi connectivity index (χ3v) is 6.06. The fraction of sp³-hybridized carbons (Fsp3) is 0.261. The molecule has 32 heavy (non-hydrogen) atoms. The van der Waals surface area contributed by atoms with Crippen LogP contribution < -0.4 is 0 Å². The van der Waals surface area contributed by atoms with Gasteiger partial charge >= 0.3 is 12.0 Å². The van der Waals surface area contributed by atoms with Gasteiger partial charge < -0.3 is 0 Å². The van der Waals surface area contributed by atoms with Crippen LogP contribution in [-0.2, 0) is 11.3 Å². The Hall–Kier alpha value is -3.88. The van der Waals surface area contributed by atoms with Crippen molar-refractivity contribution in [2.24, 2.45) is 10.1 Å². The number of amidine groups is 1. The Morgan fingerprint density at radius 1 is 1.06 bits per heavy atom. The molecular formula is C23H22FN6O2+. The molecule has 0 radical (unpaired) electrons. The summed E-state index contributed by atoms with van der Waals surface area (Å²) in [5.74, 6) is 0.240. The van der Waals surface area contributed by atoms with Gasteiger partial charge in [0.25, 0.3) is 5.91 Å². The lowest BCUT2D eigenvalue weighted by Crippen LogP contribution is -2.62. The monoisotopic (exact) mass is 433 g/mol. The van der Waals surface area contributed by atoms with Gasteiger partial charge in [0.05, 0.1) is 0 Å². The van der Waals surface area contributed by atoms with Crippen molar-refractivity contribution < 1.29 is 18.6 Å². The van der Waals surface area contributed by atoms with E-state index in [-0.39, 0.29) is 11.7 Å². The SMILES string of the molecule is Cc1ccccc1CN1N=C(c2ccc(F)cc2)C[N+]2=C1N=C1C2C(=O)N(C)C(=O)N1C. The van der Waals surface area contributed by atoms with E-state index in [4.69, 9.17) is 5.10 Å². The van der Waals surface area contributed by atoms with Crippen LogP contribution in [-0.4, -0.2) is 75.5 Å². The molecule has 8 nitrogen and oxygen atoms in total. The van der Waals surface area contributed by atoms with Crippen LogP contribution in [0.4, 0.5) is 9.18 Å². The summed E-state index contributed by atoms with van der Waals surface area (Å²) in [5, 5.41) is 6.57. The van der Waals surface area contributed by atoms with Crippen molar-refractivity contribution in [1.82, 2.24) is 14.8 Å². The summed E-state index contributed by atoms with van der Waals surface area (Å²) in [6.45, 7) is 2.77. The molecule has 0 aliphatic carbocycles. The highest BCUT2D eigenvalue weighted by Crippen LogP contribution is 2.25. The van der Waals surface area contributed by atoms with Crippen LogP contribution in [0.15, 0.2) is 58.6 Å². The first kappa shape index (κ1) is 20.0. The van der Waals surface area contributed by atoms with E-state index in [1.54, 1.807) is 24.2 Å². The minimum absolute atomic E-state index is 0.310. The lowest BCUT2D eigenvalue weighted by atomic mass is 10.1. The number of amides is 3. The average molecular weight is 433 g/mol. The van der Waals surface area contributed by atoms with Crippen molar-refractivity contribution >= 4 is 29.4 Å². The number of nitrogens with zero attached hydrogens (tertiary/aromatic N) is 6. The van der Waals surface area contributed by atoms with Gasteiger partial charge in [-0.25, -0.2) is 13.8 Å². The van der Waals surface area contributed by atoms with Crippen molar-refractivity contribution in [2.45, 2.75) is 19.5 Å². The molecule has 1 unspecified atom stereocenters. The van der Waals surface area contributed by atoms with Crippen molar-refractivity contribution in [1.29, 1.82) is 0 Å². The van der Waals surface area contributed by atoms with E-state index in [9.17, 15) is 14.0 Å². The molecule has 9 heteroatoms. The lowest BCUT2D eigenvalue weighted by molar-refractivity contribution is -0.527. The fourth-order valence-corrected chi connectivity index (χ4v) is 4.18. The molecule has 1 fully saturated rings. The molecule has 2 aromatic carbocycles. The van der Waals surface area contributed by atoms with Gasteiger partial charge in [0.15, 0.2) is 0 Å². The summed E-state index contributed by atoms with van der Waals surface area (Å²) in [6.07, 6.45) is 0. The van der Waals surface area contributed by atoms with Gasteiger partial charge in [-0.2, -0.15) is 0 Å². The number of guanidine groups is 1. The molecule has 3 aliphatic heterocycles. The van der Waals surface area contributed by atoms with Crippen LogP contribution in [0.2, 0.25) is 0 Å². The van der Waals surface area contributed by atoms with E-state index >= 15 is 0 Å². The predicted molar refractivity (Wildman–Crippen MR) is 117 cm³/mol. The fourth-order valence-electron chi connectivity index (χ4n) is 4.18. The topological polar surface area (TPSA) is 71.6 Å². The zero-order chi connectivity index (χ0) is 22.6. The van der Waals surface area contributed by atoms with Gasteiger partial charge in [0, 0.05) is 19.7 Å². The summed E-state index contributed by atoms with van der Waals surface area (Å²) in [7, 11) is 3.09. The van der Waals surface area contributed by atoms with Crippen LogP contribution in [0.1, 0.15) is 16.7 Å². The van der Waals surface area contributed by atoms with E-state index in [0.717, 1.165) is 21.6 Å². The summed E-state index contributed by atoms with van der Waals surface area (Å²) < 4.78 is 15.4. The Bertz CT molecular complexity index is 1230. The zero-order valence-corrected chi connectivity index (χ0v) is 18.0. The summed E-state index contributed by atoms with van der Waals surface area (Å²) in [4.78, 5) is 32.7. The first-order valence-electron chi connectivity index (χ1n) is 10.3. The highest BCUT2D eigenvalue weighted by molar-refractivity contribution is 6.23. The normalized spacial score (nSPS) is 20.4. The number of likely N-dealkylation sites (N-methyl/N-ethyl adjacent to an activating group) is 2. The molecular weight excluding hydrogens is 411 g/mol. The summed E-state index contributed by atoms with van der Waals surface area (Å²) >= 11 is 0. The Labute approximate surface area is 184 Å². The number of halogens is 1. The maximum atomic E-state index is 13.5. The molecule has 3 aliphatic rings. The molecule has 1 atom stereocenters. The van der Waals surface area contributed by atoms with Gasteiger partial charge in [0.2, 0.25) is 11.9 Å². The van der Waals surface area contributed by atoms with Crippen LogP contribution >= 0.6 is 0 Å². The first-order chi connectivity index (χ1) is 15.3. The van der Waals surface area contributed by atoms with Crippen LogP contribution in [0.5, 0.6) is 0 Å². The molecule has 5 rings (SSSR count). The van der Waals surface area contributed by atoms with Gasteiger partial charge in [-0.1, -0.05) is 41.4 Å². The maximum Gasteiger partial charge on any atom is 0.417 e. The van der Waals surface area contributed by atoms with E-state index in [2.05, 4.69) is 4.99 Å². The maximum absolute atomic E-state index is 13.5. The first-order valence-corrected chi connectivity index (χ1v) is 10.3. The highest BCUT2D eigenvalue weighted by Gasteiger charge is 2.54. The highest BCUT2D eigenvalue weighted by atomic mass is 19.1. The Morgan fingerprint density at radius 2 is 1.78 bits per heavy atom. The Morgan fingerprint density at radius 3 is 2.50 bits per heavy atom. The standard InChI is InChI=1S/C23H22FN6O2/c1-14-6-4-5-7-16(14)12-30-22-25-20-19(21(31)28(3)23(32)27(20)2)29(22)13-18(26-30)15-8-10-17(24)11-9-15/h4-11,19H,12-13H2,1-3H3/q+1. The van der Waals surface area contributed by atoms with Gasteiger partial charge in [-0.05, 0) is 30.2 Å². The summed E-state index contributed by atoms with van der Waals surface area (Å²) in [6, 6.07) is 13.0. The minimum atomic E-state index is -0.719. The van der Waals surface area contributed by atoms with Crippen LogP contribution in [0.25, 0.3) is 0 Å². The molecule has 0 bridgehead atoms. The quantitative estimate of drug-likeness (QED) is 0.696. The van der Waals surface area contributed by atoms with Crippen LogP contribution in [0, 0.1) is 12.7 Å².